The van der Waals surface area contributed by atoms with E-state index >= 15 is 0 Å². The summed E-state index contributed by atoms with van der Waals surface area (Å²) in [5.41, 5.74) is 1.24. The summed E-state index contributed by atoms with van der Waals surface area (Å²) >= 11 is 0. The Hall–Kier alpha value is -2.30. The molecule has 5 heteroatoms. The van der Waals surface area contributed by atoms with Gasteiger partial charge in [0.2, 0.25) is 11.8 Å². The molecule has 1 aromatic rings. The Kier molecular flexibility index (Phi) is 6.54. The summed E-state index contributed by atoms with van der Waals surface area (Å²) in [6.07, 6.45) is 7.03. The van der Waals surface area contributed by atoms with E-state index in [0.29, 0.717) is 5.92 Å². The molecule has 0 aromatic heterocycles. The summed E-state index contributed by atoms with van der Waals surface area (Å²) in [5, 5.41) is 2.93. The lowest BCUT2D eigenvalue weighted by Gasteiger charge is -2.35. The number of rotatable bonds is 6. The van der Waals surface area contributed by atoms with Crippen molar-refractivity contribution >= 4 is 11.8 Å². The molecule has 0 bridgehead atoms. The van der Waals surface area contributed by atoms with Gasteiger partial charge in [0.05, 0.1) is 13.0 Å². The fourth-order valence-electron chi connectivity index (χ4n) is 4.44. The van der Waals surface area contributed by atoms with Crippen LogP contribution in [0.2, 0.25) is 0 Å². The van der Waals surface area contributed by atoms with Crippen molar-refractivity contribution in [1.29, 1.82) is 0 Å². The van der Waals surface area contributed by atoms with E-state index in [4.69, 9.17) is 4.74 Å². The molecule has 2 atom stereocenters. The second kappa shape index (κ2) is 9.07. The lowest BCUT2D eigenvalue weighted by atomic mass is 9.89. The predicted molar refractivity (Wildman–Crippen MR) is 105 cm³/mol. The molecule has 0 spiro atoms. The van der Waals surface area contributed by atoms with Gasteiger partial charge in [0.15, 0.2) is 0 Å². The second-order valence-corrected chi connectivity index (χ2v) is 7.64. The summed E-state index contributed by atoms with van der Waals surface area (Å²) in [7, 11) is 1.71. The van der Waals surface area contributed by atoms with Crippen molar-refractivity contribution < 1.29 is 14.3 Å². The molecule has 0 unspecified atom stereocenters. The fraction of sp³-hybridized carbons (Fsp3) is 0.545. The molecule has 1 aliphatic carbocycles. The van der Waals surface area contributed by atoms with E-state index in [1.165, 1.54) is 11.6 Å². The number of piperidine rings is 1. The quantitative estimate of drug-likeness (QED) is 0.783. The molecule has 27 heavy (non-hydrogen) atoms. The van der Waals surface area contributed by atoms with Gasteiger partial charge in [-0.15, -0.1) is 0 Å². The molecule has 0 radical (unpaired) electrons. The maximum absolute atomic E-state index is 13.0. The van der Waals surface area contributed by atoms with Gasteiger partial charge in [-0.25, -0.2) is 0 Å². The molecule has 1 N–H and O–H groups in total. The third-order valence-corrected chi connectivity index (χ3v) is 5.97. The summed E-state index contributed by atoms with van der Waals surface area (Å²) in [6, 6.07) is 8.13. The van der Waals surface area contributed by atoms with Crippen LogP contribution in [-0.4, -0.2) is 43.0 Å². The summed E-state index contributed by atoms with van der Waals surface area (Å²) in [4.78, 5) is 26.6. The number of nitrogens with one attached hydrogen (secondary N) is 1. The predicted octanol–water partition coefficient (Wildman–Crippen LogP) is 2.95. The van der Waals surface area contributed by atoms with E-state index in [0.717, 1.165) is 57.4 Å². The number of carbonyl (C=O) groups excluding carboxylic acids is 2. The van der Waals surface area contributed by atoms with Crippen LogP contribution in [0.25, 0.3) is 0 Å². The number of hydrogen-bond acceptors (Lipinski definition) is 3. The zero-order valence-corrected chi connectivity index (χ0v) is 16.2. The monoisotopic (exact) mass is 370 g/mol. The van der Waals surface area contributed by atoms with Crippen molar-refractivity contribution in [2.24, 2.45) is 11.8 Å². The minimum Gasteiger partial charge on any atom is -0.496 e. The SMILES string of the molecule is C=CC(=O)N[C@@H]1CCC[C@@H]1C(=O)N1CCC(Cc2ccccc2OC)CC1. The van der Waals surface area contributed by atoms with Crippen LogP contribution in [0, 0.1) is 11.8 Å². The minimum atomic E-state index is -0.185. The number of amides is 2. The number of hydrogen-bond donors (Lipinski definition) is 1. The molecule has 146 valence electrons. The van der Waals surface area contributed by atoms with Gasteiger partial charge in [0.25, 0.3) is 0 Å². The van der Waals surface area contributed by atoms with Crippen LogP contribution in [-0.2, 0) is 16.0 Å². The van der Waals surface area contributed by atoms with Gasteiger partial charge < -0.3 is 15.0 Å². The first-order valence-corrected chi connectivity index (χ1v) is 9.96. The first kappa shape index (κ1) is 19.5. The highest BCUT2D eigenvalue weighted by Crippen LogP contribution is 2.31. The summed E-state index contributed by atoms with van der Waals surface area (Å²) in [5.74, 6) is 1.46. The van der Waals surface area contributed by atoms with E-state index in [1.54, 1.807) is 7.11 Å². The van der Waals surface area contributed by atoms with Crippen molar-refractivity contribution in [3.63, 3.8) is 0 Å². The Morgan fingerprint density at radius 2 is 1.96 bits per heavy atom. The van der Waals surface area contributed by atoms with Crippen LogP contribution < -0.4 is 10.1 Å². The standard InChI is InChI=1S/C22H30N2O3/c1-3-21(25)23-19-9-6-8-18(19)22(26)24-13-11-16(12-14-24)15-17-7-4-5-10-20(17)27-2/h3-5,7,10,16,18-19H,1,6,8-9,11-15H2,2H3,(H,23,25)/t18-,19+/m0/s1. The van der Waals surface area contributed by atoms with Crippen LogP contribution >= 0.6 is 0 Å². The Balaban J connectivity index is 1.53. The molecule has 2 aliphatic rings. The highest BCUT2D eigenvalue weighted by Gasteiger charge is 2.37. The number of benzene rings is 1. The second-order valence-electron chi connectivity index (χ2n) is 7.64. The number of likely N-dealkylation sites (tertiary alicyclic amines) is 1. The third kappa shape index (κ3) is 4.71. The Labute approximate surface area is 161 Å². The molecule has 2 amide bonds. The molecule has 1 aliphatic heterocycles. The van der Waals surface area contributed by atoms with Crippen LogP contribution in [0.3, 0.4) is 0 Å². The molecule has 2 fully saturated rings. The van der Waals surface area contributed by atoms with Crippen molar-refractivity contribution in [3.8, 4) is 5.75 Å². The normalized spacial score (nSPS) is 23.1. The maximum Gasteiger partial charge on any atom is 0.243 e. The van der Waals surface area contributed by atoms with Gasteiger partial charge in [-0.3, -0.25) is 9.59 Å². The number of methoxy groups -OCH3 is 1. The highest BCUT2D eigenvalue weighted by molar-refractivity contribution is 5.88. The Morgan fingerprint density at radius 1 is 1.22 bits per heavy atom. The number of para-hydroxylation sites is 1. The third-order valence-electron chi connectivity index (χ3n) is 5.97. The molecule has 1 saturated carbocycles. The van der Waals surface area contributed by atoms with E-state index in [1.807, 2.05) is 23.1 Å². The van der Waals surface area contributed by atoms with Gasteiger partial charge in [0, 0.05) is 19.1 Å². The van der Waals surface area contributed by atoms with Crippen LogP contribution in [0.5, 0.6) is 5.75 Å². The van der Waals surface area contributed by atoms with E-state index in [9.17, 15) is 9.59 Å². The smallest absolute Gasteiger partial charge is 0.243 e. The van der Waals surface area contributed by atoms with Crippen LogP contribution in [0.15, 0.2) is 36.9 Å². The van der Waals surface area contributed by atoms with Crippen LogP contribution in [0.1, 0.15) is 37.7 Å². The first-order valence-electron chi connectivity index (χ1n) is 9.96. The van der Waals surface area contributed by atoms with Crippen molar-refractivity contribution in [2.45, 2.75) is 44.6 Å². The van der Waals surface area contributed by atoms with Gasteiger partial charge in [-0.1, -0.05) is 31.2 Å². The maximum atomic E-state index is 13.0. The number of ether oxygens (including phenoxy) is 1. The highest BCUT2D eigenvalue weighted by atomic mass is 16.5. The molecule has 5 nitrogen and oxygen atoms in total. The summed E-state index contributed by atoms with van der Waals surface area (Å²) < 4.78 is 5.46. The molecular formula is C22H30N2O3. The van der Waals surface area contributed by atoms with E-state index < -0.39 is 0 Å². The number of carbonyl (C=O) groups is 2. The van der Waals surface area contributed by atoms with Gasteiger partial charge >= 0.3 is 0 Å². The molecule has 1 saturated heterocycles. The minimum absolute atomic E-state index is 0.0469. The summed E-state index contributed by atoms with van der Waals surface area (Å²) in [6.45, 7) is 5.11. The average Bonchev–Trinajstić information content (AvgIpc) is 3.16. The molecule has 1 aromatic carbocycles. The van der Waals surface area contributed by atoms with Crippen molar-refractivity contribution in [3.05, 3.63) is 42.5 Å². The average molecular weight is 370 g/mol. The first-order chi connectivity index (χ1) is 13.1. The van der Waals surface area contributed by atoms with Gasteiger partial charge in [0.1, 0.15) is 5.75 Å². The van der Waals surface area contributed by atoms with Gasteiger partial charge in [-0.2, -0.15) is 0 Å². The van der Waals surface area contributed by atoms with Crippen molar-refractivity contribution in [1.82, 2.24) is 10.2 Å². The van der Waals surface area contributed by atoms with Crippen LogP contribution in [0.4, 0.5) is 0 Å². The Bertz CT molecular complexity index is 680. The Morgan fingerprint density at radius 3 is 2.67 bits per heavy atom. The number of nitrogens with zero attached hydrogens (tertiary/aromatic N) is 1. The molecular weight excluding hydrogens is 340 g/mol. The van der Waals surface area contributed by atoms with Gasteiger partial charge in [-0.05, 0) is 55.7 Å². The van der Waals surface area contributed by atoms with E-state index in [2.05, 4.69) is 18.0 Å². The van der Waals surface area contributed by atoms with E-state index in [-0.39, 0.29) is 23.8 Å². The topological polar surface area (TPSA) is 58.6 Å². The zero-order chi connectivity index (χ0) is 19.2. The lowest BCUT2D eigenvalue weighted by molar-refractivity contribution is -0.137. The molecule has 1 heterocycles. The largest absolute Gasteiger partial charge is 0.496 e. The van der Waals surface area contributed by atoms with Crippen molar-refractivity contribution in [2.75, 3.05) is 20.2 Å². The molecule has 3 rings (SSSR count). The lowest BCUT2D eigenvalue weighted by Crippen LogP contribution is -2.47. The fourth-order valence-corrected chi connectivity index (χ4v) is 4.44. The zero-order valence-electron chi connectivity index (χ0n) is 16.2.